The summed E-state index contributed by atoms with van der Waals surface area (Å²) in [6, 6.07) is 22.6. The number of nitrogens with zero attached hydrogens (tertiary/aromatic N) is 4. The van der Waals surface area contributed by atoms with Crippen molar-refractivity contribution in [1.29, 1.82) is 5.26 Å². The van der Waals surface area contributed by atoms with Crippen LogP contribution in [0.15, 0.2) is 93.2 Å². The standard InChI is InChI=1S/C27H29N5O2S2/c1-2-32(36(33,34)27-9-6-16-35-27)26(17-22-7-4-3-5-8-22)21-31(20-24-19-29-14-15-30-24)25-12-10-23(18-28)11-13-25/h3-13,15-16,19,26,29H,2,14,17,20-21H2,1H3/t26-/m1/s1. The Morgan fingerprint density at radius 3 is 2.50 bits per heavy atom. The highest BCUT2D eigenvalue weighted by atomic mass is 32.2. The zero-order valence-electron chi connectivity index (χ0n) is 20.1. The number of anilines is 1. The summed E-state index contributed by atoms with van der Waals surface area (Å²) >= 11 is 1.23. The highest BCUT2D eigenvalue weighted by Crippen LogP contribution is 2.26. The molecule has 36 heavy (non-hydrogen) atoms. The number of rotatable bonds is 11. The van der Waals surface area contributed by atoms with Crippen LogP contribution in [0.1, 0.15) is 18.1 Å². The Morgan fingerprint density at radius 1 is 1.11 bits per heavy atom. The summed E-state index contributed by atoms with van der Waals surface area (Å²) in [6.07, 6.45) is 4.28. The third-order valence-electron chi connectivity index (χ3n) is 5.97. The number of benzene rings is 2. The van der Waals surface area contributed by atoms with Crippen LogP contribution in [0.2, 0.25) is 0 Å². The third-order valence-corrected chi connectivity index (χ3v) is 9.37. The maximum atomic E-state index is 13.7. The minimum Gasteiger partial charge on any atom is -0.384 e. The molecule has 4 rings (SSSR count). The van der Waals surface area contributed by atoms with Gasteiger partial charge in [-0.25, -0.2) is 8.42 Å². The van der Waals surface area contributed by atoms with Crippen LogP contribution in [0.5, 0.6) is 0 Å². The molecule has 0 amide bonds. The quantitative estimate of drug-likeness (QED) is 0.409. The predicted molar refractivity (Wildman–Crippen MR) is 146 cm³/mol. The van der Waals surface area contributed by atoms with Crippen molar-refractivity contribution in [2.24, 2.45) is 4.99 Å². The molecule has 1 atom stereocenters. The molecule has 0 saturated carbocycles. The van der Waals surface area contributed by atoms with Crippen LogP contribution in [0, 0.1) is 11.3 Å². The average molecular weight is 520 g/mol. The predicted octanol–water partition coefficient (Wildman–Crippen LogP) is 4.26. The van der Waals surface area contributed by atoms with E-state index >= 15 is 0 Å². The maximum Gasteiger partial charge on any atom is 0.252 e. The first-order valence-electron chi connectivity index (χ1n) is 11.8. The molecule has 0 fully saturated rings. The molecule has 0 spiro atoms. The number of aliphatic imine (C=N–C) groups is 1. The molecular formula is C27H29N5O2S2. The molecule has 1 aliphatic heterocycles. The summed E-state index contributed by atoms with van der Waals surface area (Å²) in [5, 5.41) is 14.2. The molecule has 0 aliphatic carbocycles. The molecule has 0 bridgehead atoms. The number of hydrogen-bond acceptors (Lipinski definition) is 7. The number of sulfonamides is 1. The van der Waals surface area contributed by atoms with Gasteiger partial charge in [0, 0.05) is 43.8 Å². The molecule has 0 unspecified atom stereocenters. The smallest absolute Gasteiger partial charge is 0.252 e. The Morgan fingerprint density at radius 2 is 1.89 bits per heavy atom. The summed E-state index contributed by atoms with van der Waals surface area (Å²) in [7, 11) is -3.67. The molecule has 3 aromatic rings. The fourth-order valence-corrected chi connectivity index (χ4v) is 7.01. The summed E-state index contributed by atoms with van der Waals surface area (Å²) in [4.78, 5) is 6.66. The molecule has 1 N–H and O–H groups in total. The van der Waals surface area contributed by atoms with Gasteiger partial charge in [0.05, 0.1) is 23.9 Å². The molecule has 186 valence electrons. The summed E-state index contributed by atoms with van der Waals surface area (Å²) in [5.74, 6) is 0. The first kappa shape index (κ1) is 25.6. The van der Waals surface area contributed by atoms with Crippen LogP contribution in [-0.4, -0.2) is 51.2 Å². The van der Waals surface area contributed by atoms with Crippen LogP contribution in [0.3, 0.4) is 0 Å². The van der Waals surface area contributed by atoms with E-state index in [9.17, 15) is 13.7 Å². The topological polar surface area (TPSA) is 88.8 Å². The highest BCUT2D eigenvalue weighted by molar-refractivity contribution is 7.91. The molecule has 0 radical (unpaired) electrons. The Labute approximate surface area is 217 Å². The van der Waals surface area contributed by atoms with Gasteiger partial charge in [0.15, 0.2) is 0 Å². The second kappa shape index (κ2) is 12.0. The van der Waals surface area contributed by atoms with Gasteiger partial charge >= 0.3 is 0 Å². The zero-order chi connectivity index (χ0) is 25.4. The van der Waals surface area contributed by atoms with E-state index in [2.05, 4.69) is 21.3 Å². The first-order valence-corrected chi connectivity index (χ1v) is 14.1. The van der Waals surface area contributed by atoms with E-state index in [0.717, 1.165) is 16.9 Å². The Bertz CT molecular complexity index is 1330. The van der Waals surface area contributed by atoms with Gasteiger partial charge in [-0.3, -0.25) is 4.99 Å². The van der Waals surface area contributed by atoms with Crippen molar-refractivity contribution in [2.45, 2.75) is 23.6 Å². The first-order chi connectivity index (χ1) is 17.5. The monoisotopic (exact) mass is 519 g/mol. The largest absolute Gasteiger partial charge is 0.384 e. The van der Waals surface area contributed by atoms with Crippen molar-refractivity contribution in [1.82, 2.24) is 9.62 Å². The maximum absolute atomic E-state index is 13.7. The fourth-order valence-electron chi connectivity index (χ4n) is 4.27. The van der Waals surface area contributed by atoms with Gasteiger partial charge < -0.3 is 10.2 Å². The lowest BCUT2D eigenvalue weighted by molar-refractivity contribution is 0.330. The molecule has 1 aliphatic rings. The van der Waals surface area contributed by atoms with Gasteiger partial charge in [-0.1, -0.05) is 43.3 Å². The number of thiophene rings is 1. The molecule has 9 heteroatoms. The Balaban J connectivity index is 1.72. The Hall–Kier alpha value is -3.45. The van der Waals surface area contributed by atoms with Crippen molar-refractivity contribution >= 4 is 33.3 Å². The van der Waals surface area contributed by atoms with Gasteiger partial charge in [-0.2, -0.15) is 9.57 Å². The fraction of sp³-hybridized carbons (Fsp3) is 0.259. The average Bonchev–Trinajstić information content (AvgIpc) is 3.46. The SMILES string of the molecule is CCN([C@H](Cc1ccccc1)CN(CC1=CNCC=N1)c1ccc(C#N)cc1)S(=O)(=O)c1cccs1. The summed E-state index contributed by atoms with van der Waals surface area (Å²) < 4.78 is 29.3. The van der Waals surface area contributed by atoms with Crippen LogP contribution in [0.4, 0.5) is 5.69 Å². The summed E-state index contributed by atoms with van der Waals surface area (Å²) in [6.45, 7) is 3.86. The molecule has 2 aromatic carbocycles. The molecular weight excluding hydrogens is 490 g/mol. The second-order valence-electron chi connectivity index (χ2n) is 8.38. The van der Waals surface area contributed by atoms with E-state index in [0.29, 0.717) is 42.4 Å². The van der Waals surface area contributed by atoms with Crippen LogP contribution >= 0.6 is 11.3 Å². The highest BCUT2D eigenvalue weighted by Gasteiger charge is 2.32. The van der Waals surface area contributed by atoms with Gasteiger partial charge in [0.1, 0.15) is 4.21 Å². The lowest BCUT2D eigenvalue weighted by Gasteiger charge is -2.35. The molecule has 2 heterocycles. The third kappa shape index (κ3) is 6.21. The number of nitriles is 1. The number of hydrogen-bond donors (Lipinski definition) is 1. The van der Waals surface area contributed by atoms with Gasteiger partial charge in [-0.05, 0) is 47.7 Å². The number of nitrogens with one attached hydrogen (secondary N) is 1. The minimum absolute atomic E-state index is 0.332. The lowest BCUT2D eigenvalue weighted by atomic mass is 10.0. The van der Waals surface area contributed by atoms with Crippen molar-refractivity contribution in [2.75, 3.05) is 31.1 Å². The van der Waals surface area contributed by atoms with E-state index in [1.165, 1.54) is 11.3 Å². The van der Waals surface area contributed by atoms with Crippen LogP contribution < -0.4 is 10.2 Å². The van der Waals surface area contributed by atoms with Gasteiger partial charge in [0.25, 0.3) is 10.0 Å². The lowest BCUT2D eigenvalue weighted by Crippen LogP contribution is -2.48. The minimum atomic E-state index is -3.67. The van der Waals surface area contributed by atoms with E-state index in [1.807, 2.05) is 61.8 Å². The zero-order valence-corrected chi connectivity index (χ0v) is 21.8. The van der Waals surface area contributed by atoms with Crippen molar-refractivity contribution < 1.29 is 8.42 Å². The molecule has 1 aromatic heterocycles. The van der Waals surface area contributed by atoms with Crippen LogP contribution in [-0.2, 0) is 16.4 Å². The van der Waals surface area contributed by atoms with Gasteiger partial charge in [0.2, 0.25) is 0 Å². The van der Waals surface area contributed by atoms with E-state index < -0.39 is 10.0 Å². The van der Waals surface area contributed by atoms with E-state index in [-0.39, 0.29) is 6.04 Å². The Kier molecular flexibility index (Phi) is 8.54. The van der Waals surface area contributed by atoms with Crippen molar-refractivity contribution in [3.8, 4) is 6.07 Å². The number of likely N-dealkylation sites (N-methyl/N-ethyl adjacent to an activating group) is 1. The summed E-state index contributed by atoms with van der Waals surface area (Å²) in [5.41, 5.74) is 3.40. The van der Waals surface area contributed by atoms with Crippen LogP contribution in [0.25, 0.3) is 0 Å². The van der Waals surface area contributed by atoms with Gasteiger partial charge in [-0.15, -0.1) is 11.3 Å². The molecule has 7 nitrogen and oxygen atoms in total. The normalized spacial score (nSPS) is 14.1. The van der Waals surface area contributed by atoms with E-state index in [4.69, 9.17) is 0 Å². The second-order valence-corrected chi connectivity index (χ2v) is 11.4. The van der Waals surface area contributed by atoms with E-state index in [1.54, 1.807) is 34.0 Å². The van der Waals surface area contributed by atoms with Crippen molar-refractivity contribution in [3.63, 3.8) is 0 Å². The molecule has 0 saturated heterocycles. The van der Waals surface area contributed by atoms with Crippen molar-refractivity contribution in [3.05, 3.63) is 95.1 Å².